The summed E-state index contributed by atoms with van der Waals surface area (Å²) >= 11 is 3.43. The second-order valence-corrected chi connectivity index (χ2v) is 5.67. The third-order valence-electron chi connectivity index (χ3n) is 3.22. The number of nitrogens with zero attached hydrogens (tertiary/aromatic N) is 1. The molecular formula is C18H14BrNO3. The van der Waals surface area contributed by atoms with Crippen molar-refractivity contribution < 1.29 is 14.3 Å². The maximum absolute atomic E-state index is 12.0. The van der Waals surface area contributed by atoms with E-state index in [4.69, 9.17) is 9.47 Å². The fourth-order valence-electron chi connectivity index (χ4n) is 2.14. The van der Waals surface area contributed by atoms with Gasteiger partial charge >= 0.3 is 5.97 Å². The maximum Gasteiger partial charge on any atom is 0.363 e. The van der Waals surface area contributed by atoms with Crippen LogP contribution in [0.4, 0.5) is 0 Å². The van der Waals surface area contributed by atoms with Crippen LogP contribution in [0.2, 0.25) is 0 Å². The van der Waals surface area contributed by atoms with Gasteiger partial charge in [0.1, 0.15) is 5.75 Å². The van der Waals surface area contributed by atoms with E-state index < -0.39 is 5.97 Å². The SMILES string of the molecule is CCOc1ccc(C=C2N=C(c3ccccc3Br)OC2=O)cc1. The fraction of sp³-hybridized carbons (Fsp3) is 0.111. The molecule has 4 nitrogen and oxygen atoms in total. The Morgan fingerprint density at radius 2 is 1.91 bits per heavy atom. The first kappa shape index (κ1) is 15.5. The number of cyclic esters (lactones) is 1. The van der Waals surface area contributed by atoms with E-state index >= 15 is 0 Å². The number of hydrogen-bond donors (Lipinski definition) is 0. The Morgan fingerprint density at radius 3 is 2.61 bits per heavy atom. The molecule has 0 N–H and O–H groups in total. The first-order valence-electron chi connectivity index (χ1n) is 7.17. The summed E-state index contributed by atoms with van der Waals surface area (Å²) in [5, 5.41) is 0. The Balaban J connectivity index is 1.87. The highest BCUT2D eigenvalue weighted by Gasteiger charge is 2.25. The summed E-state index contributed by atoms with van der Waals surface area (Å²) in [6.07, 6.45) is 1.70. The van der Waals surface area contributed by atoms with Crippen molar-refractivity contribution in [2.45, 2.75) is 6.92 Å². The Hall–Kier alpha value is -2.40. The maximum atomic E-state index is 12.0. The molecule has 0 bridgehead atoms. The van der Waals surface area contributed by atoms with Crippen LogP contribution in [0.3, 0.4) is 0 Å². The highest BCUT2D eigenvalue weighted by Crippen LogP contribution is 2.24. The molecule has 0 amide bonds. The number of carbonyl (C=O) groups is 1. The van der Waals surface area contributed by atoms with Gasteiger partial charge in [-0.1, -0.05) is 24.3 Å². The van der Waals surface area contributed by atoms with Gasteiger partial charge < -0.3 is 9.47 Å². The van der Waals surface area contributed by atoms with Crippen LogP contribution in [0.15, 0.2) is 63.7 Å². The molecular weight excluding hydrogens is 358 g/mol. The Labute approximate surface area is 142 Å². The molecule has 5 heteroatoms. The van der Waals surface area contributed by atoms with E-state index in [9.17, 15) is 4.79 Å². The van der Waals surface area contributed by atoms with Crippen LogP contribution in [0, 0.1) is 0 Å². The van der Waals surface area contributed by atoms with Gasteiger partial charge in [-0.05, 0) is 58.8 Å². The topological polar surface area (TPSA) is 47.9 Å². The lowest BCUT2D eigenvalue weighted by Crippen LogP contribution is -2.05. The van der Waals surface area contributed by atoms with Gasteiger partial charge in [-0.25, -0.2) is 9.79 Å². The lowest BCUT2D eigenvalue weighted by molar-refractivity contribution is -0.129. The van der Waals surface area contributed by atoms with E-state index in [0.29, 0.717) is 12.5 Å². The van der Waals surface area contributed by atoms with Crippen molar-refractivity contribution >= 4 is 33.9 Å². The molecule has 0 spiro atoms. The standard InChI is InChI=1S/C18H14BrNO3/c1-2-22-13-9-7-12(8-10-13)11-16-18(21)23-17(20-16)14-5-3-4-6-15(14)19/h3-11H,2H2,1H3. The number of halogens is 1. The smallest absolute Gasteiger partial charge is 0.363 e. The number of aliphatic imine (C=N–C) groups is 1. The van der Waals surface area contributed by atoms with Gasteiger partial charge in [0.2, 0.25) is 5.90 Å². The second kappa shape index (κ2) is 6.79. The van der Waals surface area contributed by atoms with Gasteiger partial charge in [0, 0.05) is 4.47 Å². The molecule has 116 valence electrons. The van der Waals surface area contributed by atoms with E-state index in [1.54, 1.807) is 6.08 Å². The first-order valence-corrected chi connectivity index (χ1v) is 7.97. The summed E-state index contributed by atoms with van der Waals surface area (Å²) in [6, 6.07) is 14.9. The third kappa shape index (κ3) is 3.51. The predicted molar refractivity (Wildman–Crippen MR) is 92.4 cm³/mol. The zero-order valence-corrected chi connectivity index (χ0v) is 14.0. The molecule has 0 radical (unpaired) electrons. The average molecular weight is 372 g/mol. The zero-order chi connectivity index (χ0) is 16.2. The van der Waals surface area contributed by atoms with Crippen LogP contribution in [-0.4, -0.2) is 18.5 Å². The molecule has 0 aliphatic carbocycles. The van der Waals surface area contributed by atoms with Gasteiger partial charge in [0.25, 0.3) is 0 Å². The van der Waals surface area contributed by atoms with E-state index in [2.05, 4.69) is 20.9 Å². The molecule has 0 saturated carbocycles. The van der Waals surface area contributed by atoms with Crippen molar-refractivity contribution in [3.05, 3.63) is 69.8 Å². The molecule has 2 aromatic rings. The molecule has 0 aromatic heterocycles. The van der Waals surface area contributed by atoms with E-state index in [0.717, 1.165) is 21.3 Å². The van der Waals surface area contributed by atoms with E-state index in [1.165, 1.54) is 0 Å². The Bertz CT molecular complexity index is 794. The Kier molecular flexibility index (Phi) is 4.57. The van der Waals surface area contributed by atoms with Crippen molar-refractivity contribution in [3.8, 4) is 5.75 Å². The molecule has 0 fully saturated rings. The third-order valence-corrected chi connectivity index (χ3v) is 3.91. The van der Waals surface area contributed by atoms with Crippen molar-refractivity contribution in [1.82, 2.24) is 0 Å². The summed E-state index contributed by atoms with van der Waals surface area (Å²) in [4.78, 5) is 16.3. The quantitative estimate of drug-likeness (QED) is 0.597. The van der Waals surface area contributed by atoms with Crippen LogP contribution < -0.4 is 4.74 Å². The lowest BCUT2D eigenvalue weighted by atomic mass is 10.2. The van der Waals surface area contributed by atoms with E-state index in [1.807, 2.05) is 55.5 Å². The number of ether oxygens (including phenoxy) is 2. The average Bonchev–Trinajstić information content (AvgIpc) is 2.91. The minimum atomic E-state index is -0.454. The normalized spacial score (nSPS) is 15.5. The minimum Gasteiger partial charge on any atom is -0.494 e. The summed E-state index contributed by atoms with van der Waals surface area (Å²) in [6.45, 7) is 2.55. The molecule has 1 aliphatic rings. The molecule has 3 rings (SSSR count). The van der Waals surface area contributed by atoms with Gasteiger partial charge in [0.05, 0.1) is 12.2 Å². The predicted octanol–water partition coefficient (Wildman–Crippen LogP) is 4.19. The number of carbonyl (C=O) groups excluding carboxylic acids is 1. The van der Waals surface area contributed by atoms with Crippen LogP contribution in [-0.2, 0) is 9.53 Å². The molecule has 2 aromatic carbocycles. The van der Waals surface area contributed by atoms with Crippen molar-refractivity contribution in [2.24, 2.45) is 4.99 Å². The molecule has 0 saturated heterocycles. The van der Waals surface area contributed by atoms with Crippen LogP contribution in [0.5, 0.6) is 5.75 Å². The summed E-state index contributed by atoms with van der Waals surface area (Å²) in [7, 11) is 0. The van der Waals surface area contributed by atoms with Crippen molar-refractivity contribution in [3.63, 3.8) is 0 Å². The minimum absolute atomic E-state index is 0.278. The number of hydrogen-bond acceptors (Lipinski definition) is 4. The first-order chi connectivity index (χ1) is 11.2. The Morgan fingerprint density at radius 1 is 1.17 bits per heavy atom. The molecule has 23 heavy (non-hydrogen) atoms. The van der Waals surface area contributed by atoms with Gasteiger partial charge in [-0.15, -0.1) is 0 Å². The fourth-order valence-corrected chi connectivity index (χ4v) is 2.60. The number of esters is 1. The lowest BCUT2D eigenvalue weighted by Gasteiger charge is -2.02. The van der Waals surface area contributed by atoms with Gasteiger partial charge in [-0.3, -0.25) is 0 Å². The zero-order valence-electron chi connectivity index (χ0n) is 12.5. The molecule has 0 atom stereocenters. The van der Waals surface area contributed by atoms with Crippen LogP contribution in [0.1, 0.15) is 18.1 Å². The number of benzene rings is 2. The van der Waals surface area contributed by atoms with E-state index in [-0.39, 0.29) is 5.70 Å². The largest absolute Gasteiger partial charge is 0.494 e. The highest BCUT2D eigenvalue weighted by molar-refractivity contribution is 9.10. The summed E-state index contributed by atoms with van der Waals surface area (Å²) in [5.74, 6) is 0.644. The monoisotopic (exact) mass is 371 g/mol. The second-order valence-electron chi connectivity index (χ2n) is 4.82. The molecule has 1 aliphatic heterocycles. The van der Waals surface area contributed by atoms with Crippen LogP contribution >= 0.6 is 15.9 Å². The number of rotatable bonds is 4. The van der Waals surface area contributed by atoms with Gasteiger partial charge in [0.15, 0.2) is 5.70 Å². The molecule has 1 heterocycles. The summed E-state index contributed by atoms with van der Waals surface area (Å²) < 4.78 is 11.5. The summed E-state index contributed by atoms with van der Waals surface area (Å²) in [5.41, 5.74) is 1.88. The van der Waals surface area contributed by atoms with Crippen LogP contribution in [0.25, 0.3) is 6.08 Å². The molecule has 0 unspecified atom stereocenters. The highest BCUT2D eigenvalue weighted by atomic mass is 79.9. The van der Waals surface area contributed by atoms with Gasteiger partial charge in [-0.2, -0.15) is 0 Å². The van der Waals surface area contributed by atoms with Crippen molar-refractivity contribution in [1.29, 1.82) is 0 Å². The van der Waals surface area contributed by atoms with Crippen molar-refractivity contribution in [2.75, 3.05) is 6.61 Å².